The first kappa shape index (κ1) is 10.8. The third-order valence-electron chi connectivity index (χ3n) is 2.13. The van der Waals surface area contributed by atoms with Gasteiger partial charge in [-0.05, 0) is 25.9 Å². The molecule has 1 atom stereocenters. The summed E-state index contributed by atoms with van der Waals surface area (Å²) in [6.07, 6.45) is -3.48. The van der Waals surface area contributed by atoms with Crippen molar-refractivity contribution in [3.63, 3.8) is 0 Å². The van der Waals surface area contributed by atoms with Gasteiger partial charge in [0, 0.05) is 19.0 Å². The normalized spacial score (nSPS) is 23.8. The molecule has 0 saturated carbocycles. The molecule has 78 valence electrons. The molecule has 0 spiro atoms. The van der Waals surface area contributed by atoms with Crippen LogP contribution in [0.15, 0.2) is 0 Å². The van der Waals surface area contributed by atoms with E-state index in [9.17, 15) is 13.2 Å². The number of halogens is 3. The van der Waals surface area contributed by atoms with Gasteiger partial charge >= 0.3 is 6.18 Å². The maximum atomic E-state index is 11.7. The molecule has 0 aromatic carbocycles. The highest BCUT2D eigenvalue weighted by atomic mass is 19.4. The maximum Gasteiger partial charge on any atom is 0.389 e. The van der Waals surface area contributed by atoms with Crippen molar-refractivity contribution in [2.24, 2.45) is 0 Å². The predicted molar refractivity (Wildman–Crippen MR) is 44.6 cm³/mol. The van der Waals surface area contributed by atoms with Gasteiger partial charge in [0.2, 0.25) is 0 Å². The quantitative estimate of drug-likeness (QED) is 0.662. The first-order valence-corrected chi connectivity index (χ1v) is 4.59. The van der Waals surface area contributed by atoms with Crippen LogP contribution in [0.1, 0.15) is 19.3 Å². The third kappa shape index (κ3) is 5.10. The van der Waals surface area contributed by atoms with Gasteiger partial charge in [-0.3, -0.25) is 0 Å². The molecule has 1 aliphatic heterocycles. The van der Waals surface area contributed by atoms with Crippen LogP contribution in [0.5, 0.6) is 0 Å². The highest BCUT2D eigenvalue weighted by Crippen LogP contribution is 2.20. The van der Waals surface area contributed by atoms with Crippen molar-refractivity contribution < 1.29 is 13.2 Å². The molecular formula is C8H15F3N2. The van der Waals surface area contributed by atoms with Gasteiger partial charge in [-0.1, -0.05) is 0 Å². The summed E-state index contributed by atoms with van der Waals surface area (Å²) in [5.41, 5.74) is 0. The van der Waals surface area contributed by atoms with E-state index in [1.165, 1.54) is 0 Å². The summed E-state index contributed by atoms with van der Waals surface area (Å²) in [5, 5.41) is 6.24. The number of nitrogens with one attached hydrogen (secondary N) is 2. The minimum Gasteiger partial charge on any atom is -0.315 e. The average molecular weight is 196 g/mol. The molecule has 0 radical (unpaired) electrons. The van der Waals surface area contributed by atoms with Crippen LogP contribution in [0.3, 0.4) is 0 Å². The Balaban J connectivity index is 1.94. The number of alkyl halides is 3. The predicted octanol–water partition coefficient (Wildman–Crippen LogP) is 1.28. The van der Waals surface area contributed by atoms with Crippen LogP contribution in [0, 0.1) is 0 Å². The highest BCUT2D eigenvalue weighted by molar-refractivity contribution is 4.76. The van der Waals surface area contributed by atoms with Gasteiger partial charge in [0.15, 0.2) is 0 Å². The molecule has 0 aromatic heterocycles. The lowest BCUT2D eigenvalue weighted by molar-refractivity contribution is -0.135. The van der Waals surface area contributed by atoms with Gasteiger partial charge in [-0.15, -0.1) is 0 Å². The van der Waals surface area contributed by atoms with Crippen molar-refractivity contribution in [3.05, 3.63) is 0 Å². The lowest BCUT2D eigenvalue weighted by atomic mass is 10.2. The molecule has 2 N–H and O–H groups in total. The van der Waals surface area contributed by atoms with Gasteiger partial charge in [0.05, 0.1) is 0 Å². The molecule has 0 aliphatic carbocycles. The molecule has 13 heavy (non-hydrogen) atoms. The summed E-state index contributed by atoms with van der Waals surface area (Å²) >= 11 is 0. The molecule has 1 rings (SSSR count). The Morgan fingerprint density at radius 2 is 2.15 bits per heavy atom. The Morgan fingerprint density at radius 3 is 2.69 bits per heavy atom. The second kappa shape index (κ2) is 4.81. The molecule has 0 bridgehead atoms. The molecule has 1 unspecified atom stereocenters. The third-order valence-corrected chi connectivity index (χ3v) is 2.13. The molecule has 1 fully saturated rings. The monoisotopic (exact) mass is 196 g/mol. The topological polar surface area (TPSA) is 24.1 Å². The van der Waals surface area contributed by atoms with Crippen molar-refractivity contribution in [1.29, 1.82) is 0 Å². The fourth-order valence-corrected chi connectivity index (χ4v) is 1.42. The largest absolute Gasteiger partial charge is 0.389 e. The van der Waals surface area contributed by atoms with E-state index in [1.54, 1.807) is 0 Å². The summed E-state index contributed by atoms with van der Waals surface area (Å²) in [6.45, 7) is 2.31. The Kier molecular flexibility index (Phi) is 3.99. The fraction of sp³-hybridized carbons (Fsp3) is 1.00. The van der Waals surface area contributed by atoms with Crippen molar-refractivity contribution in [3.8, 4) is 0 Å². The summed E-state index contributed by atoms with van der Waals surface area (Å²) < 4.78 is 35.1. The molecule has 5 heteroatoms. The molecule has 0 amide bonds. The van der Waals surface area contributed by atoms with Gasteiger partial charge in [-0.25, -0.2) is 0 Å². The minimum absolute atomic E-state index is 0.181. The lowest BCUT2D eigenvalue weighted by Gasteiger charge is -2.11. The van der Waals surface area contributed by atoms with Crippen molar-refractivity contribution in [2.75, 3.05) is 19.6 Å². The fourth-order valence-electron chi connectivity index (χ4n) is 1.42. The van der Waals surface area contributed by atoms with Crippen LogP contribution in [-0.4, -0.2) is 31.9 Å². The first-order chi connectivity index (χ1) is 6.08. The highest BCUT2D eigenvalue weighted by Gasteiger charge is 2.26. The second-order valence-corrected chi connectivity index (χ2v) is 3.36. The smallest absolute Gasteiger partial charge is 0.315 e. The lowest BCUT2D eigenvalue weighted by Crippen LogP contribution is -2.32. The molecule has 2 nitrogen and oxygen atoms in total. The van der Waals surface area contributed by atoms with E-state index < -0.39 is 12.6 Å². The van der Waals surface area contributed by atoms with Crippen LogP contribution >= 0.6 is 0 Å². The van der Waals surface area contributed by atoms with Crippen LogP contribution in [0.2, 0.25) is 0 Å². The Morgan fingerprint density at radius 1 is 1.38 bits per heavy atom. The molecule has 1 saturated heterocycles. The molecule has 1 aliphatic rings. The van der Waals surface area contributed by atoms with Gasteiger partial charge in [0.25, 0.3) is 0 Å². The van der Waals surface area contributed by atoms with E-state index in [-0.39, 0.29) is 6.42 Å². The molecular weight excluding hydrogens is 181 g/mol. The Bertz CT molecular complexity index is 141. The zero-order valence-corrected chi connectivity index (χ0v) is 7.45. The van der Waals surface area contributed by atoms with Gasteiger partial charge in [-0.2, -0.15) is 13.2 Å². The van der Waals surface area contributed by atoms with Crippen molar-refractivity contribution >= 4 is 0 Å². The van der Waals surface area contributed by atoms with Crippen molar-refractivity contribution in [1.82, 2.24) is 10.6 Å². The van der Waals surface area contributed by atoms with E-state index in [0.717, 1.165) is 19.5 Å². The van der Waals surface area contributed by atoms with E-state index in [4.69, 9.17) is 0 Å². The Hall–Kier alpha value is -0.290. The first-order valence-electron chi connectivity index (χ1n) is 4.59. The summed E-state index contributed by atoms with van der Waals surface area (Å²) in [5.74, 6) is 0. The summed E-state index contributed by atoms with van der Waals surface area (Å²) in [4.78, 5) is 0. The summed E-state index contributed by atoms with van der Waals surface area (Å²) in [6, 6.07) is 0.369. The minimum atomic E-state index is -4.00. The zero-order valence-electron chi connectivity index (χ0n) is 7.45. The SMILES string of the molecule is FC(F)(F)CCCNC1CCNC1. The average Bonchev–Trinajstić information content (AvgIpc) is 2.48. The van der Waals surface area contributed by atoms with Gasteiger partial charge < -0.3 is 10.6 Å². The number of hydrogen-bond donors (Lipinski definition) is 2. The Labute approximate surface area is 75.9 Å². The maximum absolute atomic E-state index is 11.7. The number of hydrogen-bond acceptors (Lipinski definition) is 2. The zero-order chi connectivity index (χ0) is 9.73. The van der Waals surface area contributed by atoms with Crippen LogP contribution in [0.4, 0.5) is 13.2 Å². The molecule has 1 heterocycles. The van der Waals surface area contributed by atoms with E-state index in [2.05, 4.69) is 10.6 Å². The van der Waals surface area contributed by atoms with Gasteiger partial charge in [0.1, 0.15) is 0 Å². The number of rotatable bonds is 4. The van der Waals surface area contributed by atoms with Crippen LogP contribution < -0.4 is 10.6 Å². The van der Waals surface area contributed by atoms with Crippen LogP contribution in [0.25, 0.3) is 0 Å². The van der Waals surface area contributed by atoms with E-state index in [1.807, 2.05) is 0 Å². The van der Waals surface area contributed by atoms with E-state index >= 15 is 0 Å². The van der Waals surface area contributed by atoms with E-state index in [0.29, 0.717) is 12.6 Å². The summed E-state index contributed by atoms with van der Waals surface area (Å²) in [7, 11) is 0. The standard InChI is InChI=1S/C8H15F3N2/c9-8(10,11)3-1-4-13-7-2-5-12-6-7/h7,12-13H,1-6H2. The molecule has 0 aromatic rings. The second-order valence-electron chi connectivity index (χ2n) is 3.36. The van der Waals surface area contributed by atoms with Crippen molar-refractivity contribution in [2.45, 2.75) is 31.5 Å². The van der Waals surface area contributed by atoms with Crippen LogP contribution in [-0.2, 0) is 0 Å².